The fraction of sp³-hybridized carbons (Fsp3) is 0.226. The van der Waals surface area contributed by atoms with Crippen molar-refractivity contribution in [3.05, 3.63) is 96.0 Å². The summed E-state index contributed by atoms with van der Waals surface area (Å²) in [5.74, 6) is -0.216. The van der Waals surface area contributed by atoms with Crippen molar-refractivity contribution in [1.29, 1.82) is 5.26 Å². The van der Waals surface area contributed by atoms with Gasteiger partial charge in [0.2, 0.25) is 0 Å². The molecular weight excluding hydrogens is 458 g/mol. The van der Waals surface area contributed by atoms with Crippen LogP contribution in [0.15, 0.2) is 84.7 Å². The van der Waals surface area contributed by atoms with Gasteiger partial charge in [-0.05, 0) is 60.2 Å². The summed E-state index contributed by atoms with van der Waals surface area (Å²) in [5, 5.41) is 15.0. The number of carbonyl (C=O) groups is 1. The third kappa shape index (κ3) is 3.50. The molecule has 0 saturated heterocycles. The lowest BCUT2D eigenvalue weighted by molar-refractivity contribution is -0.121. The minimum absolute atomic E-state index is 0.0614. The average molecular weight is 486 g/mol. The van der Waals surface area contributed by atoms with E-state index in [1.54, 1.807) is 12.4 Å². The molecule has 2 aliphatic carbocycles. The van der Waals surface area contributed by atoms with E-state index >= 15 is 0 Å². The molecule has 0 radical (unpaired) electrons. The first-order valence-electron chi connectivity index (χ1n) is 12.6. The van der Waals surface area contributed by atoms with Crippen molar-refractivity contribution in [3.63, 3.8) is 0 Å². The van der Waals surface area contributed by atoms with Gasteiger partial charge in [-0.1, -0.05) is 50.3 Å². The highest BCUT2D eigenvalue weighted by Crippen LogP contribution is 2.52. The smallest absolute Gasteiger partial charge is 0.176 e. The van der Waals surface area contributed by atoms with E-state index in [0.717, 1.165) is 52.2 Å². The Labute approximate surface area is 216 Å². The molecule has 0 bridgehead atoms. The first-order chi connectivity index (χ1) is 17.9. The number of allylic oxidation sites excluding steroid dienone is 2. The van der Waals surface area contributed by atoms with Crippen LogP contribution in [0.3, 0.4) is 0 Å². The fourth-order valence-electron chi connectivity index (χ4n) is 6.30. The van der Waals surface area contributed by atoms with Gasteiger partial charge in [-0.3, -0.25) is 9.78 Å². The van der Waals surface area contributed by atoms with Crippen LogP contribution in [0, 0.1) is 23.2 Å². The molecule has 2 aliphatic rings. The number of ketones is 1. The molecule has 2 N–H and O–H groups in total. The van der Waals surface area contributed by atoms with Crippen LogP contribution in [0.2, 0.25) is 0 Å². The Morgan fingerprint density at radius 2 is 1.76 bits per heavy atom. The Morgan fingerprint density at radius 1 is 1.05 bits per heavy atom. The number of nitrogens with two attached hydrogens (primary N) is 1. The number of para-hydroxylation sites is 1. The molecule has 0 unspecified atom stereocenters. The summed E-state index contributed by atoms with van der Waals surface area (Å²) < 4.78 is 2.01. The van der Waals surface area contributed by atoms with E-state index < -0.39 is 5.41 Å². The second kappa shape index (κ2) is 8.56. The van der Waals surface area contributed by atoms with Gasteiger partial charge in [0, 0.05) is 40.5 Å². The van der Waals surface area contributed by atoms with Gasteiger partial charge in [-0.2, -0.15) is 10.4 Å². The molecule has 0 amide bonds. The predicted molar refractivity (Wildman–Crippen MR) is 144 cm³/mol. The summed E-state index contributed by atoms with van der Waals surface area (Å²) in [6.07, 6.45) is 7.10. The van der Waals surface area contributed by atoms with E-state index in [-0.39, 0.29) is 23.2 Å². The van der Waals surface area contributed by atoms with Crippen LogP contribution >= 0.6 is 0 Å². The zero-order chi connectivity index (χ0) is 25.7. The molecule has 6 heteroatoms. The molecule has 0 saturated carbocycles. The monoisotopic (exact) mass is 485 g/mol. The maximum atomic E-state index is 12.9. The Hall–Kier alpha value is -4.50. The van der Waals surface area contributed by atoms with Gasteiger partial charge in [0.25, 0.3) is 0 Å². The molecule has 4 aromatic rings. The van der Waals surface area contributed by atoms with Gasteiger partial charge in [0.15, 0.2) is 5.78 Å². The molecule has 2 heterocycles. The van der Waals surface area contributed by atoms with E-state index in [2.05, 4.69) is 42.2 Å². The first kappa shape index (κ1) is 22.9. The molecule has 3 atom stereocenters. The minimum Gasteiger partial charge on any atom is -0.398 e. The lowest BCUT2D eigenvalue weighted by Crippen LogP contribution is -2.46. The Balaban J connectivity index is 1.59. The number of Topliss-reactive ketones (excluding diaryl/α,β-unsaturated/α-hetero) is 1. The van der Waals surface area contributed by atoms with Crippen LogP contribution in [0.4, 0.5) is 5.69 Å². The van der Waals surface area contributed by atoms with Gasteiger partial charge in [-0.15, -0.1) is 0 Å². The number of hydrogen-bond donors (Lipinski definition) is 1. The van der Waals surface area contributed by atoms with Gasteiger partial charge in [0.1, 0.15) is 6.07 Å². The number of hydrogen-bond acceptors (Lipinski definition) is 5. The zero-order valence-electron chi connectivity index (χ0n) is 20.8. The second-order valence-corrected chi connectivity index (χ2v) is 10.2. The number of nitrogen functional groups attached to an aromatic ring is 1. The summed E-state index contributed by atoms with van der Waals surface area (Å²) in [7, 11) is 0. The van der Waals surface area contributed by atoms with Crippen molar-refractivity contribution in [2.24, 2.45) is 11.8 Å². The third-order valence-electron chi connectivity index (χ3n) is 8.16. The largest absolute Gasteiger partial charge is 0.398 e. The normalized spacial score (nSPS) is 22.5. The van der Waals surface area contributed by atoms with Crippen molar-refractivity contribution in [3.8, 4) is 34.1 Å². The number of fused-ring (bicyclic) bond motifs is 3. The number of aromatic nitrogens is 3. The maximum absolute atomic E-state index is 12.9. The Kier molecular flexibility index (Phi) is 5.31. The Bertz CT molecular complexity index is 1590. The highest BCUT2D eigenvalue weighted by atomic mass is 16.1. The number of carbonyl (C=O) groups excluding carboxylic acids is 1. The second-order valence-electron chi connectivity index (χ2n) is 10.2. The molecule has 182 valence electrons. The highest BCUT2D eigenvalue weighted by Gasteiger charge is 2.50. The molecule has 0 fully saturated rings. The summed E-state index contributed by atoms with van der Waals surface area (Å²) >= 11 is 0. The average Bonchev–Trinajstić information content (AvgIpc) is 3.32. The van der Waals surface area contributed by atoms with Crippen molar-refractivity contribution >= 4 is 11.5 Å². The molecule has 0 spiro atoms. The molecule has 6 nitrogen and oxygen atoms in total. The topological polar surface area (TPSA) is 97.6 Å². The van der Waals surface area contributed by atoms with Gasteiger partial charge >= 0.3 is 0 Å². The van der Waals surface area contributed by atoms with Crippen LogP contribution in [-0.2, 0) is 16.6 Å². The van der Waals surface area contributed by atoms with E-state index in [9.17, 15) is 10.1 Å². The lowest BCUT2D eigenvalue weighted by Gasteiger charge is -2.45. The van der Waals surface area contributed by atoms with E-state index in [0.29, 0.717) is 5.69 Å². The van der Waals surface area contributed by atoms with E-state index in [1.807, 2.05) is 54.1 Å². The number of anilines is 1. The van der Waals surface area contributed by atoms with Crippen LogP contribution in [0.25, 0.3) is 28.1 Å². The summed E-state index contributed by atoms with van der Waals surface area (Å²) in [5.41, 5.74) is 13.8. The Morgan fingerprint density at radius 3 is 2.46 bits per heavy atom. The van der Waals surface area contributed by atoms with E-state index in [1.165, 1.54) is 0 Å². The summed E-state index contributed by atoms with van der Waals surface area (Å²) in [4.78, 5) is 17.0. The van der Waals surface area contributed by atoms with Crippen molar-refractivity contribution < 1.29 is 4.79 Å². The quantitative estimate of drug-likeness (QED) is 0.377. The third-order valence-corrected chi connectivity index (χ3v) is 8.16. The zero-order valence-corrected chi connectivity index (χ0v) is 20.8. The molecule has 37 heavy (non-hydrogen) atoms. The summed E-state index contributed by atoms with van der Waals surface area (Å²) in [6, 6.07) is 22.2. The first-order valence-corrected chi connectivity index (χ1v) is 12.6. The molecule has 0 aliphatic heterocycles. The number of rotatable bonds is 3. The van der Waals surface area contributed by atoms with E-state index in [4.69, 9.17) is 10.8 Å². The summed E-state index contributed by atoms with van der Waals surface area (Å²) in [6.45, 7) is 4.11. The number of nitrogens with zero attached hydrogens (tertiary/aromatic N) is 4. The number of nitriles is 1. The number of benzene rings is 2. The molecule has 2 aromatic heterocycles. The van der Waals surface area contributed by atoms with Crippen LogP contribution < -0.4 is 5.73 Å². The number of pyridine rings is 1. The van der Waals surface area contributed by atoms with Crippen molar-refractivity contribution in [1.82, 2.24) is 14.8 Å². The molecular formula is C31H27N5O. The van der Waals surface area contributed by atoms with Gasteiger partial charge in [0.05, 0.1) is 22.6 Å². The standard InChI is InChI=1S/C31H27N5O/c1-19-26-12-11-25-28(24-5-3-4-6-27(24)33)35-36(30(25)31(26,2)17-22(18-32)29(19)37)23-9-7-20(8-10-23)21-13-15-34-16-14-21/h3-10,13-17,19,26H,11-12,33H2,1-2H3/t19-,26-,31-/m1/s1. The maximum Gasteiger partial charge on any atom is 0.176 e. The van der Waals surface area contributed by atoms with Crippen molar-refractivity contribution in [2.75, 3.05) is 5.73 Å². The molecule has 2 aromatic carbocycles. The van der Waals surface area contributed by atoms with Crippen LogP contribution in [-0.4, -0.2) is 20.5 Å². The minimum atomic E-state index is -0.523. The molecule has 6 rings (SSSR count). The van der Waals surface area contributed by atoms with Gasteiger partial charge < -0.3 is 5.73 Å². The predicted octanol–water partition coefficient (Wildman–Crippen LogP) is 5.67. The highest BCUT2D eigenvalue weighted by molar-refractivity contribution is 6.02. The van der Waals surface area contributed by atoms with Crippen molar-refractivity contribution in [2.45, 2.75) is 32.1 Å². The fourth-order valence-corrected chi connectivity index (χ4v) is 6.30. The van der Waals surface area contributed by atoms with Gasteiger partial charge in [-0.25, -0.2) is 4.68 Å². The lowest BCUT2D eigenvalue weighted by atomic mass is 9.57. The van der Waals surface area contributed by atoms with Crippen LogP contribution in [0.1, 0.15) is 31.5 Å². The van der Waals surface area contributed by atoms with Crippen LogP contribution in [0.5, 0.6) is 0 Å². The SMILES string of the molecule is C[C@H]1C(=O)C(C#N)=C[C@@]2(C)c3c(c(-c4ccccc4N)nn3-c3ccc(-c4ccncc4)cc3)CC[C@H]12.